The summed E-state index contributed by atoms with van der Waals surface area (Å²) in [7, 11) is 0. The maximum absolute atomic E-state index is 12.9. The largest absolute Gasteiger partial charge is 0.507 e. The van der Waals surface area contributed by atoms with Crippen LogP contribution in [0.5, 0.6) is 11.5 Å². The number of aliphatic hydroxyl groups is 1. The lowest BCUT2D eigenvalue weighted by Crippen LogP contribution is -2.31. The molecule has 0 bridgehead atoms. The van der Waals surface area contributed by atoms with Crippen LogP contribution in [-0.2, 0) is 16.1 Å². The third kappa shape index (κ3) is 3.33. The van der Waals surface area contributed by atoms with Crippen LogP contribution in [0.1, 0.15) is 23.8 Å². The van der Waals surface area contributed by atoms with Gasteiger partial charge in [0.15, 0.2) is 11.5 Å². The first-order valence-corrected chi connectivity index (χ1v) is 9.81. The van der Waals surface area contributed by atoms with Gasteiger partial charge in [0.2, 0.25) is 6.79 Å². The molecule has 0 aliphatic carbocycles. The van der Waals surface area contributed by atoms with Crippen LogP contribution in [0.4, 0.5) is 0 Å². The van der Waals surface area contributed by atoms with Crippen molar-refractivity contribution in [3.05, 3.63) is 72.2 Å². The van der Waals surface area contributed by atoms with E-state index in [1.165, 1.54) is 11.2 Å². The molecule has 158 valence electrons. The summed E-state index contributed by atoms with van der Waals surface area (Å²) in [6.07, 6.45) is 7.28. The van der Waals surface area contributed by atoms with Gasteiger partial charge in [-0.2, -0.15) is 0 Å². The van der Waals surface area contributed by atoms with Gasteiger partial charge in [-0.05, 0) is 36.8 Å². The molecule has 3 aromatic rings. The Morgan fingerprint density at radius 1 is 1.16 bits per heavy atom. The highest BCUT2D eigenvalue weighted by atomic mass is 16.7. The molecule has 9 heteroatoms. The van der Waals surface area contributed by atoms with Crippen molar-refractivity contribution in [2.24, 2.45) is 0 Å². The van der Waals surface area contributed by atoms with Crippen LogP contribution in [0, 0.1) is 0 Å². The molecule has 4 heterocycles. The Balaban J connectivity index is 1.50. The molecule has 0 radical (unpaired) electrons. The predicted molar refractivity (Wildman–Crippen MR) is 107 cm³/mol. The van der Waals surface area contributed by atoms with Crippen LogP contribution in [-0.4, -0.2) is 44.6 Å². The minimum Gasteiger partial charge on any atom is -0.507 e. The highest BCUT2D eigenvalue weighted by Crippen LogP contribution is 2.41. The molecular weight excluding hydrogens is 402 g/mol. The van der Waals surface area contributed by atoms with Gasteiger partial charge in [-0.3, -0.25) is 9.59 Å². The van der Waals surface area contributed by atoms with E-state index in [1.807, 2.05) is 10.8 Å². The number of nitrogens with zero attached hydrogens (tertiary/aromatic N) is 3. The number of benzene rings is 1. The van der Waals surface area contributed by atoms with Crippen molar-refractivity contribution < 1.29 is 28.6 Å². The second kappa shape index (κ2) is 7.67. The average molecular weight is 421 g/mol. The number of furan rings is 1. The Bertz CT molecular complexity index is 1150. The molecule has 2 aliphatic heterocycles. The number of likely N-dealkylation sites (tertiary alicyclic amines) is 1. The Morgan fingerprint density at radius 2 is 2.03 bits per heavy atom. The van der Waals surface area contributed by atoms with Crippen LogP contribution in [0.25, 0.3) is 5.76 Å². The fourth-order valence-corrected chi connectivity index (χ4v) is 3.90. The van der Waals surface area contributed by atoms with Crippen LogP contribution < -0.4 is 9.47 Å². The van der Waals surface area contributed by atoms with Gasteiger partial charge in [0.25, 0.3) is 11.7 Å². The van der Waals surface area contributed by atoms with Gasteiger partial charge in [-0.15, -0.1) is 0 Å². The maximum Gasteiger partial charge on any atom is 0.295 e. The summed E-state index contributed by atoms with van der Waals surface area (Å²) in [5.41, 5.74) is 0.346. The summed E-state index contributed by atoms with van der Waals surface area (Å²) in [4.78, 5) is 31.2. The van der Waals surface area contributed by atoms with Gasteiger partial charge >= 0.3 is 0 Å². The van der Waals surface area contributed by atoms with E-state index < -0.39 is 17.7 Å². The van der Waals surface area contributed by atoms with Gasteiger partial charge in [0.1, 0.15) is 17.6 Å². The number of Topliss-reactive ketones (excluding diaryl/α,β-unsaturated/α-hetero) is 1. The standard InChI is InChI=1S/C22H19N3O6/c26-20(14-4-5-15-17(11-14)31-13-30-15)18-19(16-3-1-10-29-16)25(22(28)21(18)27)8-2-7-24-9-6-23-12-24/h1,3-6,9-12,19,26H,2,7-8,13H2. The Hall–Kier alpha value is -4.01. The van der Waals surface area contributed by atoms with E-state index in [1.54, 1.807) is 42.9 Å². The van der Waals surface area contributed by atoms with E-state index in [9.17, 15) is 14.7 Å². The number of hydrogen-bond acceptors (Lipinski definition) is 7. The number of ether oxygens (including phenoxy) is 2. The average Bonchev–Trinajstić information content (AvgIpc) is 3.57. The summed E-state index contributed by atoms with van der Waals surface area (Å²) in [6.45, 7) is 1.04. The number of carbonyl (C=O) groups is 2. The van der Waals surface area contributed by atoms with E-state index >= 15 is 0 Å². The number of hydrogen-bond donors (Lipinski definition) is 1. The van der Waals surface area contributed by atoms with Gasteiger partial charge in [-0.25, -0.2) is 4.98 Å². The normalized spacial score (nSPS) is 19.4. The third-order valence-corrected chi connectivity index (χ3v) is 5.37. The van der Waals surface area contributed by atoms with Crippen LogP contribution in [0.2, 0.25) is 0 Å². The number of aryl methyl sites for hydroxylation is 1. The van der Waals surface area contributed by atoms with Crippen molar-refractivity contribution in [3.63, 3.8) is 0 Å². The van der Waals surface area contributed by atoms with Crippen LogP contribution >= 0.6 is 0 Å². The number of imidazole rings is 1. The summed E-state index contributed by atoms with van der Waals surface area (Å²) >= 11 is 0. The SMILES string of the molecule is O=C1C(=O)N(CCCn2ccnc2)C(c2ccco2)C1=C(O)c1ccc2c(c1)OCO2. The summed E-state index contributed by atoms with van der Waals surface area (Å²) in [5, 5.41) is 11.0. The lowest BCUT2D eigenvalue weighted by molar-refractivity contribution is -0.140. The van der Waals surface area contributed by atoms with E-state index in [0.717, 1.165) is 0 Å². The molecule has 0 spiro atoms. The first-order valence-electron chi connectivity index (χ1n) is 9.81. The molecular formula is C22H19N3O6. The first kappa shape index (κ1) is 19.0. The van der Waals surface area contributed by atoms with E-state index in [2.05, 4.69) is 4.98 Å². The smallest absolute Gasteiger partial charge is 0.295 e. The zero-order valence-corrected chi connectivity index (χ0v) is 16.4. The monoisotopic (exact) mass is 421 g/mol. The second-order valence-electron chi connectivity index (χ2n) is 7.23. The molecule has 0 saturated carbocycles. The zero-order chi connectivity index (χ0) is 21.4. The molecule has 2 aromatic heterocycles. The first-order chi connectivity index (χ1) is 15.1. The number of fused-ring (bicyclic) bond motifs is 1. The van der Waals surface area contributed by atoms with Gasteiger partial charge < -0.3 is 28.5 Å². The maximum atomic E-state index is 12.9. The second-order valence-corrected chi connectivity index (χ2v) is 7.23. The minimum atomic E-state index is -0.816. The topological polar surface area (TPSA) is 107 Å². The summed E-state index contributed by atoms with van der Waals surface area (Å²) in [6, 6.07) is 7.41. The zero-order valence-electron chi connectivity index (χ0n) is 16.4. The Labute approximate surface area is 177 Å². The molecule has 9 nitrogen and oxygen atoms in total. The highest BCUT2D eigenvalue weighted by molar-refractivity contribution is 6.46. The van der Waals surface area contributed by atoms with E-state index in [-0.39, 0.29) is 18.1 Å². The van der Waals surface area contributed by atoms with Crippen LogP contribution in [0.15, 0.2) is 65.3 Å². The molecule has 1 saturated heterocycles. The molecule has 31 heavy (non-hydrogen) atoms. The fourth-order valence-electron chi connectivity index (χ4n) is 3.90. The number of rotatable bonds is 6. The third-order valence-electron chi connectivity index (χ3n) is 5.37. The van der Waals surface area contributed by atoms with Crippen molar-refractivity contribution in [3.8, 4) is 11.5 Å². The Kier molecular flexibility index (Phi) is 4.70. The van der Waals surface area contributed by atoms with Crippen molar-refractivity contribution in [2.45, 2.75) is 19.0 Å². The number of aliphatic hydroxyl groups excluding tert-OH is 1. The fraction of sp³-hybridized carbons (Fsp3) is 0.227. The molecule has 5 rings (SSSR count). The van der Waals surface area contributed by atoms with Gasteiger partial charge in [0, 0.05) is 31.0 Å². The molecule has 1 N–H and O–H groups in total. The molecule has 2 aliphatic rings. The highest BCUT2D eigenvalue weighted by Gasteiger charge is 2.47. The van der Waals surface area contributed by atoms with Gasteiger partial charge in [-0.1, -0.05) is 0 Å². The number of carbonyl (C=O) groups excluding carboxylic acids is 2. The van der Waals surface area contributed by atoms with Crippen molar-refractivity contribution in [2.75, 3.05) is 13.3 Å². The molecule has 1 atom stereocenters. The molecule has 1 fully saturated rings. The lowest BCUT2D eigenvalue weighted by atomic mass is 9.99. The number of amides is 1. The minimum absolute atomic E-state index is 0.0125. The number of aromatic nitrogens is 2. The summed E-state index contributed by atoms with van der Waals surface area (Å²) < 4.78 is 18.1. The van der Waals surface area contributed by atoms with Crippen LogP contribution in [0.3, 0.4) is 0 Å². The van der Waals surface area contributed by atoms with Crippen molar-refractivity contribution >= 4 is 17.4 Å². The van der Waals surface area contributed by atoms with Crippen molar-refractivity contribution in [1.29, 1.82) is 0 Å². The van der Waals surface area contributed by atoms with Crippen molar-refractivity contribution in [1.82, 2.24) is 14.5 Å². The predicted octanol–water partition coefficient (Wildman–Crippen LogP) is 2.72. The van der Waals surface area contributed by atoms with E-state index in [0.29, 0.717) is 42.3 Å². The summed E-state index contributed by atoms with van der Waals surface area (Å²) in [5.74, 6) is -0.278. The van der Waals surface area contributed by atoms with Gasteiger partial charge in [0.05, 0.1) is 18.2 Å². The molecule has 1 unspecified atom stereocenters. The Morgan fingerprint density at radius 3 is 2.81 bits per heavy atom. The number of ketones is 1. The molecule has 1 aromatic carbocycles. The van der Waals surface area contributed by atoms with E-state index in [4.69, 9.17) is 13.9 Å². The molecule has 1 amide bonds. The lowest BCUT2D eigenvalue weighted by Gasteiger charge is -2.23. The quantitative estimate of drug-likeness (QED) is 0.370.